The van der Waals surface area contributed by atoms with E-state index in [0.717, 1.165) is 63.5 Å². The van der Waals surface area contributed by atoms with E-state index in [0.29, 0.717) is 36.7 Å². The van der Waals surface area contributed by atoms with Crippen molar-refractivity contribution >= 4 is 5.97 Å². The van der Waals surface area contributed by atoms with Crippen LogP contribution in [0.3, 0.4) is 0 Å². The second-order valence-corrected chi connectivity index (χ2v) is 12.9. The molecule has 40 heavy (non-hydrogen) atoms. The molecule has 0 radical (unpaired) electrons. The Kier molecular flexibility index (Phi) is 9.68. The summed E-state index contributed by atoms with van der Waals surface area (Å²) in [6.45, 7) is 2.95. The van der Waals surface area contributed by atoms with E-state index < -0.39 is 5.97 Å². The van der Waals surface area contributed by atoms with Crippen LogP contribution in [0.1, 0.15) is 107 Å². The first-order valence-electron chi connectivity index (χ1n) is 15.8. The van der Waals surface area contributed by atoms with Crippen molar-refractivity contribution in [2.24, 2.45) is 23.2 Å². The van der Waals surface area contributed by atoms with Gasteiger partial charge in [0.2, 0.25) is 0 Å². The number of hydrogen-bond donors (Lipinski definition) is 2. The fourth-order valence-corrected chi connectivity index (χ4v) is 8.18. The molecule has 5 rings (SSSR count). The minimum atomic E-state index is -0.681. The highest BCUT2D eigenvalue weighted by atomic mass is 16.5. The predicted octanol–water partition coefficient (Wildman–Crippen LogP) is 8.47. The summed E-state index contributed by atoms with van der Waals surface area (Å²) in [7, 11) is 0. The normalized spacial score (nSPS) is 29.1. The number of unbranched alkanes of at least 4 members (excludes halogenated alkanes) is 6. The molecule has 2 aromatic carbocycles. The molecular weight excluding hydrogens is 496 g/mol. The average molecular weight is 545 g/mol. The van der Waals surface area contributed by atoms with Gasteiger partial charge in [0.1, 0.15) is 12.4 Å². The van der Waals surface area contributed by atoms with Gasteiger partial charge in [0.05, 0.1) is 6.10 Å². The third kappa shape index (κ3) is 6.65. The van der Waals surface area contributed by atoms with Crippen LogP contribution in [0.25, 0.3) is 0 Å². The Labute approximate surface area is 240 Å². The summed E-state index contributed by atoms with van der Waals surface area (Å²) in [5.41, 5.74) is 4.22. The molecule has 2 fully saturated rings. The van der Waals surface area contributed by atoms with Crippen molar-refractivity contribution in [2.45, 2.75) is 109 Å². The fourth-order valence-electron chi connectivity index (χ4n) is 8.18. The van der Waals surface area contributed by atoms with Crippen LogP contribution in [0, 0.1) is 23.2 Å². The van der Waals surface area contributed by atoms with Gasteiger partial charge in [-0.2, -0.15) is 0 Å². The highest BCUT2D eigenvalue weighted by molar-refractivity contribution is 5.66. The second kappa shape index (κ2) is 13.4. The summed E-state index contributed by atoms with van der Waals surface area (Å²) < 4.78 is 6.22. The predicted molar refractivity (Wildman–Crippen MR) is 160 cm³/mol. The van der Waals surface area contributed by atoms with Gasteiger partial charge in [-0.15, -0.1) is 0 Å². The van der Waals surface area contributed by atoms with Crippen LogP contribution in [0.4, 0.5) is 0 Å². The standard InChI is InChI=1S/C36H48O4/c1-36-22-21-31-30-18-17-29(40-25-26-13-9-8-10-14-26)24-28(30)23-27(35(31)32(36)19-20-33(36)37)15-11-6-4-2-3-5-7-12-16-34(38)39/h8-11,13-15,17-18,24,27,31-33,35,37H,2-7,12,16,19-23,25H2,1H3,(H,38,39)/t27-,31?,32?,33+,35?,36+/m1/s1. The summed E-state index contributed by atoms with van der Waals surface area (Å²) in [4.78, 5) is 10.7. The molecule has 4 heteroatoms. The first kappa shape index (κ1) is 28.9. The van der Waals surface area contributed by atoms with E-state index in [2.05, 4.69) is 61.5 Å². The molecule has 0 bridgehead atoms. The molecule has 3 aliphatic carbocycles. The number of aliphatic hydroxyl groups is 1. The smallest absolute Gasteiger partial charge is 0.303 e. The van der Waals surface area contributed by atoms with E-state index in [1.54, 1.807) is 0 Å². The van der Waals surface area contributed by atoms with E-state index in [1.807, 2.05) is 6.07 Å². The fraction of sp³-hybridized carbons (Fsp3) is 0.583. The number of carboxylic acids is 1. The molecule has 0 aromatic heterocycles. The van der Waals surface area contributed by atoms with Gasteiger partial charge in [-0.25, -0.2) is 0 Å². The van der Waals surface area contributed by atoms with Gasteiger partial charge in [-0.05, 0) is 109 Å². The summed E-state index contributed by atoms with van der Waals surface area (Å²) in [6.07, 6.45) is 18.2. The Morgan fingerprint density at radius 2 is 1.77 bits per heavy atom. The van der Waals surface area contributed by atoms with Crippen LogP contribution in [-0.4, -0.2) is 22.3 Å². The number of aliphatic carboxylic acids is 1. The van der Waals surface area contributed by atoms with Crippen LogP contribution in [-0.2, 0) is 17.8 Å². The molecule has 0 heterocycles. The number of aliphatic hydroxyl groups excluding tert-OH is 1. The number of ether oxygens (including phenoxy) is 1. The summed E-state index contributed by atoms with van der Waals surface area (Å²) in [6, 6.07) is 17.2. The Hall–Kier alpha value is -2.59. The second-order valence-electron chi connectivity index (χ2n) is 12.9. The van der Waals surface area contributed by atoms with Crippen molar-refractivity contribution in [3.8, 4) is 5.75 Å². The minimum absolute atomic E-state index is 0.0597. The number of carbonyl (C=O) groups is 1. The molecule has 0 aliphatic heterocycles. The largest absolute Gasteiger partial charge is 0.489 e. The van der Waals surface area contributed by atoms with Crippen molar-refractivity contribution in [3.05, 3.63) is 77.4 Å². The van der Waals surface area contributed by atoms with Crippen LogP contribution < -0.4 is 4.74 Å². The quantitative estimate of drug-likeness (QED) is 0.196. The highest BCUT2D eigenvalue weighted by Gasteiger charge is 2.56. The third-order valence-corrected chi connectivity index (χ3v) is 10.4. The topological polar surface area (TPSA) is 66.8 Å². The first-order chi connectivity index (χ1) is 19.5. The maximum absolute atomic E-state index is 11.0. The number of hydrogen-bond acceptors (Lipinski definition) is 3. The molecule has 0 amide bonds. The number of benzene rings is 2. The zero-order valence-electron chi connectivity index (χ0n) is 24.3. The van der Waals surface area contributed by atoms with Crippen LogP contribution in [0.2, 0.25) is 0 Å². The van der Waals surface area contributed by atoms with Crippen molar-refractivity contribution in [2.75, 3.05) is 0 Å². The van der Waals surface area contributed by atoms with E-state index >= 15 is 0 Å². The Balaban J connectivity index is 1.24. The lowest BCUT2D eigenvalue weighted by molar-refractivity contribution is -0.137. The minimum Gasteiger partial charge on any atom is -0.489 e. The van der Waals surface area contributed by atoms with Crippen LogP contribution in [0.5, 0.6) is 5.75 Å². The lowest BCUT2D eigenvalue weighted by Crippen LogP contribution is -2.46. The van der Waals surface area contributed by atoms with Crippen molar-refractivity contribution < 1.29 is 19.7 Å². The molecule has 0 spiro atoms. The lowest BCUT2D eigenvalue weighted by atomic mass is 9.52. The summed E-state index contributed by atoms with van der Waals surface area (Å²) in [5.74, 6) is 2.54. The summed E-state index contributed by atoms with van der Waals surface area (Å²) >= 11 is 0. The molecule has 4 nitrogen and oxygen atoms in total. The average Bonchev–Trinajstić information content (AvgIpc) is 3.26. The van der Waals surface area contributed by atoms with Crippen LogP contribution in [0.15, 0.2) is 60.7 Å². The van der Waals surface area contributed by atoms with E-state index in [1.165, 1.54) is 36.0 Å². The molecule has 2 aromatic rings. The zero-order chi connectivity index (χ0) is 28.0. The third-order valence-electron chi connectivity index (χ3n) is 10.4. The van der Waals surface area contributed by atoms with Gasteiger partial charge < -0.3 is 14.9 Å². The number of allylic oxidation sites excluding steroid dienone is 2. The van der Waals surface area contributed by atoms with Gasteiger partial charge in [0.25, 0.3) is 0 Å². The molecule has 6 atom stereocenters. The van der Waals surface area contributed by atoms with Gasteiger partial charge in [0.15, 0.2) is 0 Å². The van der Waals surface area contributed by atoms with E-state index in [9.17, 15) is 9.90 Å². The number of carboxylic acid groups (broad SMARTS) is 1. The van der Waals surface area contributed by atoms with Crippen molar-refractivity contribution in [3.63, 3.8) is 0 Å². The molecule has 216 valence electrons. The molecule has 0 saturated heterocycles. The van der Waals surface area contributed by atoms with E-state index in [-0.39, 0.29) is 11.5 Å². The lowest BCUT2D eigenvalue weighted by Gasteiger charge is -2.52. The van der Waals surface area contributed by atoms with Gasteiger partial charge >= 0.3 is 5.97 Å². The molecule has 3 unspecified atom stereocenters. The SMILES string of the molecule is C[C@]12CCC3c4ccc(OCc5ccccc5)cc4C[C@@H](C=CCCCCCCCCC(=O)O)C3C1CC[C@@H]2O. The first-order valence-corrected chi connectivity index (χ1v) is 15.8. The number of rotatable bonds is 13. The summed E-state index contributed by atoms with van der Waals surface area (Å²) in [5, 5.41) is 19.7. The van der Waals surface area contributed by atoms with E-state index in [4.69, 9.17) is 9.84 Å². The maximum Gasteiger partial charge on any atom is 0.303 e. The highest BCUT2D eigenvalue weighted by Crippen LogP contribution is 2.62. The Morgan fingerprint density at radius 3 is 2.58 bits per heavy atom. The Bertz CT molecular complexity index is 1140. The molecule has 3 aliphatic rings. The monoisotopic (exact) mass is 544 g/mol. The van der Waals surface area contributed by atoms with Crippen LogP contribution >= 0.6 is 0 Å². The van der Waals surface area contributed by atoms with Crippen molar-refractivity contribution in [1.29, 1.82) is 0 Å². The maximum atomic E-state index is 11.0. The zero-order valence-corrected chi connectivity index (χ0v) is 24.3. The Morgan fingerprint density at radius 1 is 1.00 bits per heavy atom. The number of fused-ring (bicyclic) bond motifs is 5. The molecule has 2 N–H and O–H groups in total. The molecule has 2 saturated carbocycles. The van der Waals surface area contributed by atoms with Gasteiger partial charge in [-0.1, -0.05) is 81.2 Å². The molecular formula is C36H48O4. The van der Waals surface area contributed by atoms with Crippen molar-refractivity contribution in [1.82, 2.24) is 0 Å². The van der Waals surface area contributed by atoms with Gasteiger partial charge in [-0.3, -0.25) is 4.79 Å². The van der Waals surface area contributed by atoms with Gasteiger partial charge in [0, 0.05) is 6.42 Å².